The average molecular weight is 115 g/mol. The Kier molecular flexibility index (Phi) is 1.86. The number of aliphatic hydroxyl groups excluding tert-OH is 1. The van der Waals surface area contributed by atoms with Gasteiger partial charge in [0.25, 0.3) is 0 Å². The van der Waals surface area contributed by atoms with Gasteiger partial charge >= 0.3 is 0 Å². The fourth-order valence-electron chi connectivity index (χ4n) is 0.984. The first-order valence-electron chi connectivity index (χ1n) is 3.20. The third kappa shape index (κ3) is 1.46. The summed E-state index contributed by atoms with van der Waals surface area (Å²) >= 11 is 0. The maximum Gasteiger partial charge on any atom is 0.0665 e. The van der Waals surface area contributed by atoms with Crippen molar-refractivity contribution >= 4 is 0 Å². The molecule has 0 spiro atoms. The van der Waals surface area contributed by atoms with Crippen LogP contribution in [-0.4, -0.2) is 23.8 Å². The average Bonchev–Trinajstić information content (AvgIpc) is 1.77. The van der Waals surface area contributed by atoms with E-state index < -0.39 is 0 Å². The SMILES string of the molecule is CC1CC[C@@H](O)CN1. The number of aliphatic hydroxyl groups is 1. The highest BCUT2D eigenvalue weighted by atomic mass is 16.3. The summed E-state index contributed by atoms with van der Waals surface area (Å²) in [6, 6.07) is 0.610. The summed E-state index contributed by atoms with van der Waals surface area (Å²) < 4.78 is 0. The van der Waals surface area contributed by atoms with Crippen LogP contribution in [0.2, 0.25) is 0 Å². The van der Waals surface area contributed by atoms with Crippen LogP contribution in [0.4, 0.5) is 0 Å². The third-order valence-corrected chi connectivity index (χ3v) is 1.63. The number of nitrogens with one attached hydrogen (secondary N) is 1. The van der Waals surface area contributed by atoms with E-state index in [2.05, 4.69) is 12.2 Å². The molecule has 0 radical (unpaired) electrons. The van der Waals surface area contributed by atoms with Crippen LogP contribution in [0, 0.1) is 0 Å². The molecule has 1 heterocycles. The predicted octanol–water partition coefficient (Wildman–Crippen LogP) is 0.119. The number of hydrogen-bond acceptors (Lipinski definition) is 2. The van der Waals surface area contributed by atoms with Crippen LogP contribution in [0.3, 0.4) is 0 Å². The van der Waals surface area contributed by atoms with E-state index in [1.54, 1.807) is 0 Å². The van der Waals surface area contributed by atoms with Gasteiger partial charge in [0, 0.05) is 12.6 Å². The fraction of sp³-hybridized carbons (Fsp3) is 1.00. The van der Waals surface area contributed by atoms with Gasteiger partial charge in [0.2, 0.25) is 0 Å². The van der Waals surface area contributed by atoms with E-state index in [-0.39, 0.29) is 6.10 Å². The summed E-state index contributed by atoms with van der Waals surface area (Å²) in [5.74, 6) is 0. The van der Waals surface area contributed by atoms with E-state index in [9.17, 15) is 0 Å². The lowest BCUT2D eigenvalue weighted by molar-refractivity contribution is 0.129. The Labute approximate surface area is 49.9 Å². The van der Waals surface area contributed by atoms with Gasteiger partial charge in [-0.05, 0) is 19.8 Å². The molecule has 0 aromatic rings. The Morgan fingerprint density at radius 2 is 2.25 bits per heavy atom. The standard InChI is InChI=1S/C6H13NO/c1-5-2-3-6(8)4-7-5/h5-8H,2-4H2,1H3/t5?,6-/m1/s1. The highest BCUT2D eigenvalue weighted by Crippen LogP contribution is 2.05. The molecule has 1 saturated heterocycles. The minimum Gasteiger partial charge on any atom is -0.392 e. The Morgan fingerprint density at radius 3 is 2.62 bits per heavy atom. The van der Waals surface area contributed by atoms with Crippen molar-refractivity contribution in [1.82, 2.24) is 5.32 Å². The van der Waals surface area contributed by atoms with Crippen molar-refractivity contribution in [3.63, 3.8) is 0 Å². The first kappa shape index (κ1) is 6.05. The van der Waals surface area contributed by atoms with Gasteiger partial charge in [0.05, 0.1) is 6.10 Å². The van der Waals surface area contributed by atoms with E-state index in [4.69, 9.17) is 5.11 Å². The molecule has 1 aliphatic rings. The van der Waals surface area contributed by atoms with E-state index in [0.717, 1.165) is 19.4 Å². The Morgan fingerprint density at radius 1 is 1.50 bits per heavy atom. The molecule has 8 heavy (non-hydrogen) atoms. The second-order valence-electron chi connectivity index (χ2n) is 2.54. The van der Waals surface area contributed by atoms with Gasteiger partial charge in [-0.1, -0.05) is 0 Å². The van der Waals surface area contributed by atoms with Gasteiger partial charge in [0.1, 0.15) is 0 Å². The summed E-state index contributed by atoms with van der Waals surface area (Å²) in [6.45, 7) is 2.92. The number of β-amino-alcohol motifs (C(OH)–C–C–N with tert-alkyl or cyclic N) is 1. The van der Waals surface area contributed by atoms with E-state index in [1.807, 2.05) is 0 Å². The maximum absolute atomic E-state index is 8.96. The molecule has 1 aliphatic heterocycles. The van der Waals surface area contributed by atoms with Crippen LogP contribution in [-0.2, 0) is 0 Å². The topological polar surface area (TPSA) is 32.3 Å². The van der Waals surface area contributed by atoms with Crippen molar-refractivity contribution in [3.05, 3.63) is 0 Å². The molecular weight excluding hydrogens is 102 g/mol. The quantitative estimate of drug-likeness (QED) is 0.470. The summed E-state index contributed by atoms with van der Waals surface area (Å²) in [7, 11) is 0. The Balaban J connectivity index is 2.19. The first-order valence-corrected chi connectivity index (χ1v) is 3.20. The molecule has 2 atom stereocenters. The van der Waals surface area contributed by atoms with Crippen LogP contribution < -0.4 is 5.32 Å². The zero-order chi connectivity index (χ0) is 5.98. The lowest BCUT2D eigenvalue weighted by atomic mass is 10.0. The molecular formula is C6H13NO. The zero-order valence-corrected chi connectivity index (χ0v) is 5.22. The summed E-state index contributed by atoms with van der Waals surface area (Å²) in [5, 5.41) is 12.1. The molecule has 1 fully saturated rings. The highest BCUT2D eigenvalue weighted by molar-refractivity contribution is 4.72. The first-order chi connectivity index (χ1) is 3.79. The van der Waals surface area contributed by atoms with Gasteiger partial charge in [-0.25, -0.2) is 0 Å². The molecule has 2 N–H and O–H groups in total. The van der Waals surface area contributed by atoms with Crippen molar-refractivity contribution in [2.75, 3.05) is 6.54 Å². The smallest absolute Gasteiger partial charge is 0.0665 e. The minimum atomic E-state index is -0.0915. The molecule has 0 aromatic carbocycles. The molecule has 2 nitrogen and oxygen atoms in total. The van der Waals surface area contributed by atoms with Crippen molar-refractivity contribution in [1.29, 1.82) is 0 Å². The molecule has 0 aromatic heterocycles. The normalized spacial score (nSPS) is 39.8. The fourth-order valence-corrected chi connectivity index (χ4v) is 0.984. The Bertz CT molecular complexity index is 56.9. The van der Waals surface area contributed by atoms with Gasteiger partial charge in [-0.3, -0.25) is 0 Å². The van der Waals surface area contributed by atoms with Crippen LogP contribution >= 0.6 is 0 Å². The monoisotopic (exact) mass is 115 g/mol. The van der Waals surface area contributed by atoms with Crippen molar-refractivity contribution < 1.29 is 5.11 Å². The van der Waals surface area contributed by atoms with Gasteiger partial charge in [-0.15, -0.1) is 0 Å². The zero-order valence-electron chi connectivity index (χ0n) is 5.22. The van der Waals surface area contributed by atoms with Crippen molar-refractivity contribution in [3.8, 4) is 0 Å². The lowest BCUT2D eigenvalue weighted by Crippen LogP contribution is -2.39. The molecule has 2 heteroatoms. The summed E-state index contributed by atoms with van der Waals surface area (Å²) in [6.07, 6.45) is 1.99. The molecule has 1 rings (SSSR count). The van der Waals surface area contributed by atoms with Gasteiger partial charge < -0.3 is 10.4 Å². The van der Waals surface area contributed by atoms with Crippen LogP contribution in [0.5, 0.6) is 0 Å². The molecule has 1 unspecified atom stereocenters. The largest absolute Gasteiger partial charge is 0.392 e. The minimum absolute atomic E-state index is 0.0915. The predicted molar refractivity (Wildman–Crippen MR) is 32.7 cm³/mol. The van der Waals surface area contributed by atoms with Gasteiger partial charge in [-0.2, -0.15) is 0 Å². The van der Waals surface area contributed by atoms with E-state index in [0.29, 0.717) is 6.04 Å². The van der Waals surface area contributed by atoms with Crippen LogP contribution in [0.1, 0.15) is 19.8 Å². The highest BCUT2D eigenvalue weighted by Gasteiger charge is 2.13. The van der Waals surface area contributed by atoms with Crippen LogP contribution in [0.25, 0.3) is 0 Å². The van der Waals surface area contributed by atoms with Gasteiger partial charge in [0.15, 0.2) is 0 Å². The summed E-state index contributed by atoms with van der Waals surface area (Å²) in [4.78, 5) is 0. The Hall–Kier alpha value is -0.0800. The van der Waals surface area contributed by atoms with Crippen LogP contribution in [0.15, 0.2) is 0 Å². The van der Waals surface area contributed by atoms with Crippen molar-refractivity contribution in [2.24, 2.45) is 0 Å². The van der Waals surface area contributed by atoms with E-state index in [1.165, 1.54) is 0 Å². The lowest BCUT2D eigenvalue weighted by Gasteiger charge is -2.23. The van der Waals surface area contributed by atoms with Crippen molar-refractivity contribution in [2.45, 2.75) is 31.9 Å². The maximum atomic E-state index is 8.96. The second-order valence-corrected chi connectivity index (χ2v) is 2.54. The number of piperidine rings is 1. The molecule has 0 saturated carbocycles. The second kappa shape index (κ2) is 2.46. The molecule has 0 bridgehead atoms. The third-order valence-electron chi connectivity index (χ3n) is 1.63. The molecule has 48 valence electrons. The summed E-state index contributed by atoms with van der Waals surface area (Å²) in [5.41, 5.74) is 0. The number of hydrogen-bond donors (Lipinski definition) is 2. The van der Waals surface area contributed by atoms with E-state index >= 15 is 0 Å². The molecule has 0 amide bonds. The molecule has 0 aliphatic carbocycles. The number of rotatable bonds is 0.